The fraction of sp³-hybridized carbons (Fsp3) is 0.467. The number of alkyl halides is 2. The molecule has 2 aromatic rings. The van der Waals surface area contributed by atoms with Crippen molar-refractivity contribution in [1.29, 1.82) is 0 Å². The second-order valence-corrected chi connectivity index (χ2v) is 6.58. The Kier molecular flexibility index (Phi) is 6.08. The first-order chi connectivity index (χ1) is 10.1. The minimum Gasteiger partial charge on any atom is -0.250 e. The predicted octanol–water partition coefficient (Wildman–Crippen LogP) is 4.41. The maximum absolute atomic E-state index is 6.30. The zero-order valence-corrected chi connectivity index (χ0v) is 15.0. The molecule has 1 aromatic carbocycles. The van der Waals surface area contributed by atoms with E-state index in [1.165, 1.54) is 0 Å². The third kappa shape index (κ3) is 3.79. The highest BCUT2D eigenvalue weighted by atomic mass is 79.9. The minimum atomic E-state index is -0.342. The van der Waals surface area contributed by atoms with Crippen molar-refractivity contribution in [2.24, 2.45) is 0 Å². The van der Waals surface area contributed by atoms with Crippen LogP contribution in [0.3, 0.4) is 0 Å². The first-order valence-corrected chi connectivity index (χ1v) is 8.76. The number of hydrogen-bond acceptors (Lipinski definition) is 2. The summed E-state index contributed by atoms with van der Waals surface area (Å²) in [6.45, 7) is 2.98. The van der Waals surface area contributed by atoms with Gasteiger partial charge in [0.05, 0.1) is 0 Å². The van der Waals surface area contributed by atoms with E-state index in [-0.39, 0.29) is 5.41 Å². The molecule has 0 aliphatic carbocycles. The van der Waals surface area contributed by atoms with Gasteiger partial charge in [-0.1, -0.05) is 35.0 Å². The van der Waals surface area contributed by atoms with Crippen LogP contribution in [0.1, 0.15) is 24.7 Å². The summed E-state index contributed by atoms with van der Waals surface area (Å²) >= 11 is 16.1. The largest absolute Gasteiger partial charge is 0.250 e. The summed E-state index contributed by atoms with van der Waals surface area (Å²) in [5.74, 6) is 1.80. The molecular weight excluding hydrogens is 373 g/mol. The zero-order chi connectivity index (χ0) is 15.3. The van der Waals surface area contributed by atoms with Crippen molar-refractivity contribution in [2.45, 2.75) is 31.7 Å². The van der Waals surface area contributed by atoms with E-state index in [0.29, 0.717) is 18.2 Å². The number of rotatable bonds is 7. The molecule has 0 saturated carbocycles. The molecule has 1 aromatic heterocycles. The Morgan fingerprint density at radius 3 is 2.67 bits per heavy atom. The van der Waals surface area contributed by atoms with Crippen molar-refractivity contribution in [3.05, 3.63) is 46.5 Å². The number of halogens is 3. The molecule has 1 heterocycles. The fourth-order valence-electron chi connectivity index (χ4n) is 2.33. The lowest BCUT2D eigenvalue weighted by Crippen LogP contribution is -2.34. The van der Waals surface area contributed by atoms with Gasteiger partial charge in [-0.15, -0.1) is 23.2 Å². The van der Waals surface area contributed by atoms with Gasteiger partial charge in [-0.05, 0) is 24.1 Å². The topological polar surface area (TPSA) is 30.7 Å². The summed E-state index contributed by atoms with van der Waals surface area (Å²) < 4.78 is 2.96. The van der Waals surface area contributed by atoms with E-state index in [0.717, 1.165) is 28.8 Å². The molecule has 114 valence electrons. The maximum Gasteiger partial charge on any atom is 0.138 e. The standard InChI is InChI=1S/C15H18BrCl2N3/c1-2-6-21-14(19-11-20-21)8-15(9-17,10-18)12-4-3-5-13(16)7-12/h3-5,7,11H,2,6,8-10H2,1H3. The normalized spacial score (nSPS) is 11.8. The molecular formula is C15H18BrCl2N3. The highest BCUT2D eigenvalue weighted by Crippen LogP contribution is 2.32. The quantitative estimate of drug-likeness (QED) is 0.655. The molecule has 0 aliphatic rings. The van der Waals surface area contributed by atoms with Crippen molar-refractivity contribution < 1.29 is 0 Å². The van der Waals surface area contributed by atoms with Crippen molar-refractivity contribution in [3.63, 3.8) is 0 Å². The monoisotopic (exact) mass is 389 g/mol. The van der Waals surface area contributed by atoms with Crippen LogP contribution in [0.4, 0.5) is 0 Å². The van der Waals surface area contributed by atoms with E-state index in [9.17, 15) is 0 Å². The molecule has 0 radical (unpaired) electrons. The van der Waals surface area contributed by atoms with Crippen molar-refractivity contribution in [3.8, 4) is 0 Å². The second-order valence-electron chi connectivity index (χ2n) is 5.13. The number of benzene rings is 1. The lowest BCUT2D eigenvalue weighted by atomic mass is 9.81. The average Bonchev–Trinajstić information content (AvgIpc) is 2.92. The molecule has 0 atom stereocenters. The van der Waals surface area contributed by atoms with E-state index in [4.69, 9.17) is 23.2 Å². The third-order valence-electron chi connectivity index (χ3n) is 3.58. The molecule has 0 unspecified atom stereocenters. The summed E-state index contributed by atoms with van der Waals surface area (Å²) in [4.78, 5) is 4.39. The van der Waals surface area contributed by atoms with Crippen LogP contribution in [0.2, 0.25) is 0 Å². The molecule has 0 fully saturated rings. The van der Waals surface area contributed by atoms with E-state index >= 15 is 0 Å². The van der Waals surface area contributed by atoms with Gasteiger partial charge in [0.1, 0.15) is 12.2 Å². The fourth-order valence-corrected chi connectivity index (χ4v) is 3.51. The van der Waals surface area contributed by atoms with Gasteiger partial charge in [-0.3, -0.25) is 4.68 Å². The van der Waals surface area contributed by atoms with Gasteiger partial charge in [0.25, 0.3) is 0 Å². The van der Waals surface area contributed by atoms with Gasteiger partial charge < -0.3 is 0 Å². The van der Waals surface area contributed by atoms with Crippen LogP contribution in [0, 0.1) is 0 Å². The van der Waals surface area contributed by atoms with Crippen LogP contribution in [-0.4, -0.2) is 26.5 Å². The third-order valence-corrected chi connectivity index (χ3v) is 5.09. The molecule has 0 saturated heterocycles. The van der Waals surface area contributed by atoms with Crippen molar-refractivity contribution >= 4 is 39.1 Å². The first kappa shape index (κ1) is 16.8. The van der Waals surface area contributed by atoms with Crippen LogP contribution in [0.5, 0.6) is 0 Å². The van der Waals surface area contributed by atoms with Crippen LogP contribution >= 0.6 is 39.1 Å². The highest BCUT2D eigenvalue weighted by Gasteiger charge is 2.33. The molecule has 21 heavy (non-hydrogen) atoms. The van der Waals surface area contributed by atoms with Crippen LogP contribution in [-0.2, 0) is 18.4 Å². The van der Waals surface area contributed by atoms with Crippen molar-refractivity contribution in [2.75, 3.05) is 11.8 Å². The van der Waals surface area contributed by atoms with Crippen molar-refractivity contribution in [1.82, 2.24) is 14.8 Å². The van der Waals surface area contributed by atoms with Crippen LogP contribution in [0.25, 0.3) is 0 Å². The van der Waals surface area contributed by atoms with E-state index < -0.39 is 0 Å². The Morgan fingerprint density at radius 1 is 1.29 bits per heavy atom. The molecule has 0 spiro atoms. The summed E-state index contributed by atoms with van der Waals surface area (Å²) in [6, 6.07) is 8.14. The number of hydrogen-bond donors (Lipinski definition) is 0. The Morgan fingerprint density at radius 2 is 2.05 bits per heavy atom. The first-order valence-electron chi connectivity index (χ1n) is 6.90. The zero-order valence-electron chi connectivity index (χ0n) is 11.9. The lowest BCUT2D eigenvalue weighted by Gasteiger charge is -2.30. The van der Waals surface area contributed by atoms with E-state index in [1.807, 2.05) is 16.8 Å². The number of nitrogens with zero attached hydrogens (tertiary/aromatic N) is 3. The summed E-state index contributed by atoms with van der Waals surface area (Å²) in [5, 5.41) is 4.28. The molecule has 2 rings (SSSR count). The molecule has 6 heteroatoms. The SMILES string of the molecule is CCCn1ncnc1CC(CCl)(CCl)c1cccc(Br)c1. The van der Waals surface area contributed by atoms with E-state index in [2.05, 4.69) is 45.1 Å². The molecule has 0 bridgehead atoms. The van der Waals surface area contributed by atoms with Gasteiger partial charge in [-0.25, -0.2) is 4.98 Å². The lowest BCUT2D eigenvalue weighted by molar-refractivity contribution is 0.480. The number of aromatic nitrogens is 3. The second kappa shape index (κ2) is 7.61. The number of aryl methyl sites for hydroxylation is 1. The predicted molar refractivity (Wildman–Crippen MR) is 91.3 cm³/mol. The Hall–Kier alpha value is -0.580. The van der Waals surface area contributed by atoms with Gasteiger partial charge in [0.15, 0.2) is 0 Å². The van der Waals surface area contributed by atoms with Crippen LogP contribution in [0.15, 0.2) is 35.1 Å². The average molecular weight is 391 g/mol. The van der Waals surface area contributed by atoms with Crippen LogP contribution < -0.4 is 0 Å². The highest BCUT2D eigenvalue weighted by molar-refractivity contribution is 9.10. The minimum absolute atomic E-state index is 0.342. The van der Waals surface area contributed by atoms with Gasteiger partial charge in [-0.2, -0.15) is 5.10 Å². The molecule has 3 nitrogen and oxygen atoms in total. The summed E-state index contributed by atoms with van der Waals surface area (Å²) in [5.41, 5.74) is 0.777. The maximum atomic E-state index is 6.30. The molecule has 0 N–H and O–H groups in total. The Bertz CT molecular complexity index is 582. The van der Waals surface area contributed by atoms with Gasteiger partial charge >= 0.3 is 0 Å². The summed E-state index contributed by atoms with van der Waals surface area (Å²) in [7, 11) is 0. The van der Waals surface area contributed by atoms with E-state index in [1.54, 1.807) is 6.33 Å². The summed E-state index contributed by atoms with van der Waals surface area (Å²) in [6.07, 6.45) is 3.29. The Balaban J connectivity index is 2.36. The molecule has 0 amide bonds. The van der Waals surface area contributed by atoms with Gasteiger partial charge in [0, 0.05) is 34.6 Å². The smallest absolute Gasteiger partial charge is 0.138 e. The molecule has 0 aliphatic heterocycles. The Labute approximate surface area is 143 Å². The van der Waals surface area contributed by atoms with Gasteiger partial charge in [0.2, 0.25) is 0 Å².